The molecule has 0 radical (unpaired) electrons. The van der Waals surface area contributed by atoms with Crippen molar-refractivity contribution in [1.82, 2.24) is 5.32 Å². The van der Waals surface area contributed by atoms with Crippen LogP contribution in [0.4, 0.5) is 0 Å². The fourth-order valence-corrected chi connectivity index (χ4v) is 1.19. The van der Waals surface area contributed by atoms with Gasteiger partial charge in [-0.25, -0.2) is 0 Å². The van der Waals surface area contributed by atoms with Crippen molar-refractivity contribution >= 4 is 5.91 Å². The van der Waals surface area contributed by atoms with E-state index in [9.17, 15) is 4.79 Å². The molecule has 0 saturated carbocycles. The Morgan fingerprint density at radius 3 is 2.36 bits per heavy atom. The third-order valence-electron chi connectivity index (χ3n) is 2.51. The first kappa shape index (κ1) is 12.9. The highest BCUT2D eigenvalue weighted by molar-refractivity contribution is 5.85. The topological polar surface area (TPSA) is 73.1 Å². The summed E-state index contributed by atoms with van der Waals surface area (Å²) in [5.41, 5.74) is -0.941. The fraction of sp³-hybridized carbons (Fsp3) is 0.800. The van der Waals surface area contributed by atoms with Crippen molar-refractivity contribution in [3.8, 4) is 6.07 Å². The van der Waals surface area contributed by atoms with Gasteiger partial charge in [0.15, 0.2) is 0 Å². The highest BCUT2D eigenvalue weighted by Crippen LogP contribution is 2.25. The van der Waals surface area contributed by atoms with Gasteiger partial charge in [0, 0.05) is 6.04 Å². The Morgan fingerprint density at radius 2 is 2.07 bits per heavy atom. The van der Waals surface area contributed by atoms with E-state index in [2.05, 4.69) is 11.4 Å². The number of carbonyl (C=O) groups excluding carboxylic acids is 1. The lowest BCUT2D eigenvalue weighted by Crippen LogP contribution is -2.44. The van der Waals surface area contributed by atoms with Crippen molar-refractivity contribution in [2.75, 3.05) is 6.61 Å². The molecule has 4 nitrogen and oxygen atoms in total. The standard InChI is InChI=1S/C10H18N2O2/c1-4-10(5-2,7-11)9(14)12-8(3)6-13/h8,13H,4-6H2,1-3H3,(H,12,14)/t8-/m1/s1. The molecule has 0 fully saturated rings. The van der Waals surface area contributed by atoms with E-state index in [0.29, 0.717) is 12.8 Å². The molecule has 4 heteroatoms. The van der Waals surface area contributed by atoms with Crippen LogP contribution in [0.5, 0.6) is 0 Å². The van der Waals surface area contributed by atoms with Gasteiger partial charge in [0.1, 0.15) is 5.41 Å². The summed E-state index contributed by atoms with van der Waals surface area (Å²) in [6, 6.07) is 1.75. The van der Waals surface area contributed by atoms with E-state index < -0.39 is 5.41 Å². The summed E-state index contributed by atoms with van der Waals surface area (Å²) in [5, 5.41) is 20.3. The van der Waals surface area contributed by atoms with E-state index >= 15 is 0 Å². The van der Waals surface area contributed by atoms with Gasteiger partial charge >= 0.3 is 0 Å². The number of carbonyl (C=O) groups is 1. The third kappa shape index (κ3) is 2.71. The minimum atomic E-state index is -0.941. The second-order valence-electron chi connectivity index (χ2n) is 3.46. The summed E-state index contributed by atoms with van der Waals surface area (Å²) in [4.78, 5) is 11.7. The number of nitriles is 1. The van der Waals surface area contributed by atoms with E-state index in [1.807, 2.05) is 13.8 Å². The first-order valence-electron chi connectivity index (χ1n) is 4.89. The Labute approximate surface area is 84.9 Å². The molecule has 0 aliphatic heterocycles. The number of hydrogen-bond donors (Lipinski definition) is 2. The van der Waals surface area contributed by atoms with Crippen molar-refractivity contribution in [3.05, 3.63) is 0 Å². The lowest BCUT2D eigenvalue weighted by molar-refractivity contribution is -0.129. The van der Waals surface area contributed by atoms with Crippen LogP contribution >= 0.6 is 0 Å². The van der Waals surface area contributed by atoms with Gasteiger partial charge in [-0.1, -0.05) is 13.8 Å². The predicted molar refractivity (Wildman–Crippen MR) is 53.3 cm³/mol. The Hall–Kier alpha value is -1.08. The smallest absolute Gasteiger partial charge is 0.240 e. The number of nitrogens with one attached hydrogen (secondary N) is 1. The van der Waals surface area contributed by atoms with E-state index in [1.54, 1.807) is 6.92 Å². The summed E-state index contributed by atoms with van der Waals surface area (Å²) < 4.78 is 0. The summed E-state index contributed by atoms with van der Waals surface area (Å²) in [5.74, 6) is -0.286. The number of hydrogen-bond acceptors (Lipinski definition) is 3. The minimum absolute atomic E-state index is 0.110. The van der Waals surface area contributed by atoms with Crippen LogP contribution in [-0.2, 0) is 4.79 Å². The quantitative estimate of drug-likeness (QED) is 0.686. The summed E-state index contributed by atoms with van der Waals surface area (Å²) in [6.07, 6.45) is 0.980. The molecule has 1 atom stereocenters. The molecule has 0 heterocycles. The first-order valence-corrected chi connectivity index (χ1v) is 4.89. The monoisotopic (exact) mass is 198 g/mol. The lowest BCUT2D eigenvalue weighted by Gasteiger charge is -2.24. The highest BCUT2D eigenvalue weighted by atomic mass is 16.3. The maximum atomic E-state index is 11.7. The third-order valence-corrected chi connectivity index (χ3v) is 2.51. The number of aliphatic hydroxyl groups is 1. The lowest BCUT2D eigenvalue weighted by atomic mass is 9.83. The Balaban J connectivity index is 4.55. The van der Waals surface area contributed by atoms with Gasteiger partial charge in [-0.2, -0.15) is 5.26 Å². The van der Waals surface area contributed by atoms with Crippen LogP contribution in [0.3, 0.4) is 0 Å². The second kappa shape index (κ2) is 5.61. The molecule has 1 amide bonds. The van der Waals surface area contributed by atoms with Crippen LogP contribution in [0.2, 0.25) is 0 Å². The van der Waals surface area contributed by atoms with Gasteiger partial charge in [0.2, 0.25) is 5.91 Å². The molecule has 0 aromatic carbocycles. The molecule has 0 unspecified atom stereocenters. The Morgan fingerprint density at radius 1 is 1.57 bits per heavy atom. The van der Waals surface area contributed by atoms with Crippen molar-refractivity contribution in [2.24, 2.45) is 5.41 Å². The SMILES string of the molecule is CCC(C#N)(CC)C(=O)N[C@H](C)CO. The molecule has 0 aliphatic carbocycles. The summed E-state index contributed by atoms with van der Waals surface area (Å²) >= 11 is 0. The zero-order chi connectivity index (χ0) is 11.2. The van der Waals surface area contributed by atoms with Crippen LogP contribution in [0.1, 0.15) is 33.6 Å². The molecular weight excluding hydrogens is 180 g/mol. The average molecular weight is 198 g/mol. The Bertz CT molecular complexity index is 229. The highest BCUT2D eigenvalue weighted by Gasteiger charge is 2.35. The molecule has 0 aromatic heterocycles. The van der Waals surface area contributed by atoms with Crippen LogP contribution in [0, 0.1) is 16.7 Å². The molecule has 0 aliphatic rings. The van der Waals surface area contributed by atoms with Gasteiger partial charge in [-0.15, -0.1) is 0 Å². The largest absolute Gasteiger partial charge is 0.394 e. The van der Waals surface area contributed by atoms with Gasteiger partial charge in [-0.3, -0.25) is 4.79 Å². The predicted octanol–water partition coefficient (Wildman–Crippen LogP) is 0.813. The maximum absolute atomic E-state index is 11.7. The van der Waals surface area contributed by atoms with Crippen LogP contribution in [-0.4, -0.2) is 23.7 Å². The van der Waals surface area contributed by atoms with Crippen LogP contribution in [0.15, 0.2) is 0 Å². The van der Waals surface area contributed by atoms with Crippen molar-refractivity contribution in [3.63, 3.8) is 0 Å². The fourth-order valence-electron chi connectivity index (χ4n) is 1.19. The molecule has 0 rings (SSSR count). The molecule has 80 valence electrons. The van der Waals surface area contributed by atoms with Gasteiger partial charge in [0.25, 0.3) is 0 Å². The number of nitrogens with zero attached hydrogens (tertiary/aromatic N) is 1. The summed E-state index contributed by atoms with van der Waals surface area (Å²) in [6.45, 7) is 5.22. The van der Waals surface area contributed by atoms with E-state index in [1.165, 1.54) is 0 Å². The van der Waals surface area contributed by atoms with Crippen molar-refractivity contribution in [1.29, 1.82) is 5.26 Å². The number of aliphatic hydroxyl groups excluding tert-OH is 1. The van der Waals surface area contributed by atoms with Crippen molar-refractivity contribution in [2.45, 2.75) is 39.7 Å². The Kier molecular flexibility index (Phi) is 5.18. The van der Waals surface area contributed by atoms with E-state index in [0.717, 1.165) is 0 Å². The van der Waals surface area contributed by atoms with E-state index in [-0.39, 0.29) is 18.6 Å². The molecule has 0 bridgehead atoms. The van der Waals surface area contributed by atoms with Crippen LogP contribution < -0.4 is 5.32 Å². The molecule has 0 spiro atoms. The zero-order valence-electron chi connectivity index (χ0n) is 9.00. The molecule has 0 aromatic rings. The van der Waals surface area contributed by atoms with Gasteiger partial charge in [0.05, 0.1) is 12.7 Å². The number of amides is 1. The molecule has 0 saturated heterocycles. The minimum Gasteiger partial charge on any atom is -0.394 e. The van der Waals surface area contributed by atoms with Crippen molar-refractivity contribution < 1.29 is 9.90 Å². The van der Waals surface area contributed by atoms with Gasteiger partial charge in [-0.05, 0) is 19.8 Å². The number of rotatable bonds is 5. The average Bonchev–Trinajstić information content (AvgIpc) is 2.21. The second-order valence-corrected chi connectivity index (χ2v) is 3.46. The molecule has 2 N–H and O–H groups in total. The molecule has 14 heavy (non-hydrogen) atoms. The van der Waals surface area contributed by atoms with E-state index in [4.69, 9.17) is 10.4 Å². The maximum Gasteiger partial charge on any atom is 0.240 e. The normalized spacial score (nSPS) is 13.1. The van der Waals surface area contributed by atoms with Crippen LogP contribution in [0.25, 0.3) is 0 Å². The zero-order valence-corrected chi connectivity index (χ0v) is 9.00. The molecular formula is C10H18N2O2. The van der Waals surface area contributed by atoms with Gasteiger partial charge < -0.3 is 10.4 Å². The summed E-state index contributed by atoms with van der Waals surface area (Å²) in [7, 11) is 0. The first-order chi connectivity index (χ1) is 6.56.